The molecule has 1 aliphatic rings. The first-order chi connectivity index (χ1) is 10.2. The topological polar surface area (TPSA) is 62.6 Å². The molecule has 6 nitrogen and oxygen atoms in total. The summed E-state index contributed by atoms with van der Waals surface area (Å²) in [5, 5.41) is 5.65. The first-order valence-electron chi connectivity index (χ1n) is 7.26. The Balaban J connectivity index is 1.66. The second-order valence-corrected chi connectivity index (χ2v) is 5.70. The minimum Gasteiger partial charge on any atom is -0.354 e. The van der Waals surface area contributed by atoms with Gasteiger partial charge in [0.25, 0.3) is 0 Å². The van der Waals surface area contributed by atoms with Crippen LogP contribution >= 0.6 is 0 Å². The summed E-state index contributed by atoms with van der Waals surface area (Å²) in [5.41, 5.74) is 3.33. The second kappa shape index (κ2) is 4.58. The van der Waals surface area contributed by atoms with Crippen LogP contribution in [0.2, 0.25) is 0 Å². The zero-order valence-corrected chi connectivity index (χ0v) is 12.2. The van der Waals surface area contributed by atoms with E-state index in [1.165, 1.54) is 5.69 Å². The Bertz CT molecular complexity index is 786. The van der Waals surface area contributed by atoms with Gasteiger partial charge in [0.2, 0.25) is 0 Å². The summed E-state index contributed by atoms with van der Waals surface area (Å²) in [4.78, 5) is 14.1. The molecule has 0 spiro atoms. The minimum absolute atomic E-state index is 0.407. The van der Waals surface area contributed by atoms with Crippen molar-refractivity contribution in [3.63, 3.8) is 0 Å². The van der Waals surface area contributed by atoms with Crippen LogP contribution in [0, 0.1) is 6.92 Å². The van der Waals surface area contributed by atoms with Crippen LogP contribution < -0.4 is 4.90 Å². The molecular weight excluding hydrogens is 264 g/mol. The third kappa shape index (κ3) is 1.98. The lowest BCUT2D eigenvalue weighted by atomic mass is 10.0. The molecule has 0 saturated carbocycles. The van der Waals surface area contributed by atoms with Crippen LogP contribution in [0.5, 0.6) is 0 Å². The second-order valence-electron chi connectivity index (χ2n) is 5.70. The number of nitrogens with zero attached hydrogens (tertiary/aromatic N) is 5. The van der Waals surface area contributed by atoms with Crippen molar-refractivity contribution >= 4 is 16.9 Å². The summed E-state index contributed by atoms with van der Waals surface area (Å²) < 4.78 is 2.13. The Hall–Kier alpha value is -2.37. The fraction of sp³-hybridized carbons (Fsp3) is 0.400. The molecule has 21 heavy (non-hydrogen) atoms. The van der Waals surface area contributed by atoms with Gasteiger partial charge in [-0.3, -0.25) is 4.68 Å². The lowest BCUT2D eigenvalue weighted by Gasteiger charge is -2.32. The number of aromatic nitrogens is 5. The van der Waals surface area contributed by atoms with E-state index in [0.717, 1.165) is 41.9 Å². The average Bonchev–Trinajstić information content (AvgIpc) is 3.09. The van der Waals surface area contributed by atoms with Crippen LogP contribution in [0.15, 0.2) is 24.7 Å². The summed E-state index contributed by atoms with van der Waals surface area (Å²) in [7, 11) is 2.11. The van der Waals surface area contributed by atoms with Gasteiger partial charge in [-0.15, -0.1) is 0 Å². The molecule has 1 unspecified atom stereocenters. The number of fused-ring (bicyclic) bond motifs is 2. The van der Waals surface area contributed by atoms with Crippen LogP contribution in [-0.2, 0) is 13.0 Å². The molecule has 3 aromatic rings. The SMILES string of the molecule is Cc1cc2n(n1)CC(N(C)c1ncnc3[nH]ccc13)CC2. The monoisotopic (exact) mass is 282 g/mol. The number of nitrogens with one attached hydrogen (secondary N) is 1. The van der Waals surface area contributed by atoms with Gasteiger partial charge in [0.1, 0.15) is 17.8 Å². The van der Waals surface area contributed by atoms with Crippen LogP contribution in [0.3, 0.4) is 0 Å². The number of rotatable bonds is 2. The van der Waals surface area contributed by atoms with E-state index < -0.39 is 0 Å². The number of aromatic amines is 1. The third-order valence-electron chi connectivity index (χ3n) is 4.32. The number of anilines is 1. The van der Waals surface area contributed by atoms with Gasteiger partial charge in [-0.1, -0.05) is 0 Å². The quantitative estimate of drug-likeness (QED) is 0.780. The summed E-state index contributed by atoms with van der Waals surface area (Å²) >= 11 is 0. The van der Waals surface area contributed by atoms with E-state index in [2.05, 4.69) is 49.7 Å². The van der Waals surface area contributed by atoms with Crippen molar-refractivity contribution in [2.45, 2.75) is 32.4 Å². The lowest BCUT2D eigenvalue weighted by molar-refractivity contribution is 0.412. The average molecular weight is 282 g/mol. The number of aryl methyl sites for hydroxylation is 2. The molecule has 108 valence electrons. The van der Waals surface area contributed by atoms with Crippen molar-refractivity contribution in [2.24, 2.45) is 0 Å². The largest absolute Gasteiger partial charge is 0.354 e. The van der Waals surface area contributed by atoms with Crippen LogP contribution in [0.4, 0.5) is 5.82 Å². The summed E-state index contributed by atoms with van der Waals surface area (Å²) in [6, 6.07) is 4.63. The highest BCUT2D eigenvalue weighted by Gasteiger charge is 2.25. The van der Waals surface area contributed by atoms with Gasteiger partial charge in [-0.05, 0) is 31.9 Å². The summed E-state index contributed by atoms with van der Waals surface area (Å²) in [6.45, 7) is 2.97. The molecule has 0 amide bonds. The van der Waals surface area contributed by atoms with Crippen molar-refractivity contribution in [3.05, 3.63) is 36.0 Å². The van der Waals surface area contributed by atoms with Crippen LogP contribution in [0.25, 0.3) is 11.0 Å². The van der Waals surface area contributed by atoms with E-state index >= 15 is 0 Å². The van der Waals surface area contributed by atoms with Gasteiger partial charge in [-0.2, -0.15) is 5.10 Å². The molecule has 1 atom stereocenters. The molecule has 1 N–H and O–H groups in total. The Morgan fingerprint density at radius 3 is 3.19 bits per heavy atom. The highest BCUT2D eigenvalue weighted by Crippen LogP contribution is 2.26. The van der Waals surface area contributed by atoms with E-state index in [1.54, 1.807) is 6.33 Å². The highest BCUT2D eigenvalue weighted by atomic mass is 15.3. The number of likely N-dealkylation sites (N-methyl/N-ethyl adjacent to an activating group) is 1. The fourth-order valence-corrected chi connectivity index (χ4v) is 3.19. The predicted molar refractivity (Wildman–Crippen MR) is 81.4 cm³/mol. The van der Waals surface area contributed by atoms with Gasteiger partial charge < -0.3 is 9.88 Å². The lowest BCUT2D eigenvalue weighted by Crippen LogP contribution is -2.39. The summed E-state index contributed by atoms with van der Waals surface area (Å²) in [5.74, 6) is 0.985. The van der Waals surface area contributed by atoms with Gasteiger partial charge in [0, 0.05) is 18.9 Å². The maximum atomic E-state index is 4.58. The smallest absolute Gasteiger partial charge is 0.142 e. The zero-order valence-electron chi connectivity index (χ0n) is 12.2. The molecule has 0 bridgehead atoms. The van der Waals surface area contributed by atoms with Gasteiger partial charge >= 0.3 is 0 Å². The number of hydrogen-bond acceptors (Lipinski definition) is 4. The maximum absolute atomic E-state index is 4.58. The third-order valence-corrected chi connectivity index (χ3v) is 4.32. The Kier molecular flexibility index (Phi) is 2.70. The first kappa shape index (κ1) is 12.4. The van der Waals surface area contributed by atoms with E-state index in [4.69, 9.17) is 0 Å². The van der Waals surface area contributed by atoms with Crippen molar-refractivity contribution in [1.82, 2.24) is 24.7 Å². The van der Waals surface area contributed by atoms with Gasteiger partial charge in [0.05, 0.1) is 23.7 Å². The Morgan fingerprint density at radius 1 is 1.38 bits per heavy atom. The Labute approximate surface area is 122 Å². The molecule has 0 saturated heterocycles. The first-order valence-corrected chi connectivity index (χ1v) is 7.26. The van der Waals surface area contributed by atoms with Gasteiger partial charge in [-0.25, -0.2) is 9.97 Å². The van der Waals surface area contributed by atoms with Crippen molar-refractivity contribution in [3.8, 4) is 0 Å². The number of hydrogen-bond donors (Lipinski definition) is 1. The summed E-state index contributed by atoms with van der Waals surface area (Å²) in [6.07, 6.45) is 5.72. The number of H-pyrrole nitrogens is 1. The van der Waals surface area contributed by atoms with E-state index in [0.29, 0.717) is 6.04 Å². The van der Waals surface area contributed by atoms with Gasteiger partial charge in [0.15, 0.2) is 0 Å². The molecule has 0 radical (unpaired) electrons. The zero-order chi connectivity index (χ0) is 14.4. The molecule has 0 fully saturated rings. The molecule has 0 aliphatic carbocycles. The molecular formula is C15H18N6. The molecule has 1 aliphatic heterocycles. The standard InChI is InChI=1S/C15H18N6/c1-10-7-11-3-4-12(8-21(11)19-10)20(2)15-13-5-6-16-14(13)17-9-18-15/h5-7,9,12H,3-4,8H2,1-2H3,(H,16,17,18). The highest BCUT2D eigenvalue weighted by molar-refractivity contribution is 5.87. The van der Waals surface area contributed by atoms with Crippen LogP contribution in [-0.4, -0.2) is 37.8 Å². The minimum atomic E-state index is 0.407. The molecule has 6 heteroatoms. The fourth-order valence-electron chi connectivity index (χ4n) is 3.19. The van der Waals surface area contributed by atoms with Crippen LogP contribution in [0.1, 0.15) is 17.8 Å². The van der Waals surface area contributed by atoms with Crippen molar-refractivity contribution in [2.75, 3.05) is 11.9 Å². The maximum Gasteiger partial charge on any atom is 0.142 e. The van der Waals surface area contributed by atoms with E-state index in [1.807, 2.05) is 12.3 Å². The van der Waals surface area contributed by atoms with E-state index in [-0.39, 0.29) is 0 Å². The normalized spacial score (nSPS) is 17.9. The van der Waals surface area contributed by atoms with E-state index in [9.17, 15) is 0 Å². The van der Waals surface area contributed by atoms with Crippen molar-refractivity contribution < 1.29 is 0 Å². The molecule has 3 aromatic heterocycles. The molecule has 0 aromatic carbocycles. The molecule has 4 heterocycles. The van der Waals surface area contributed by atoms with Crippen molar-refractivity contribution in [1.29, 1.82) is 0 Å². The Morgan fingerprint density at radius 2 is 2.29 bits per heavy atom. The predicted octanol–water partition coefficient (Wildman–Crippen LogP) is 1.91. The molecule has 4 rings (SSSR count).